The molecule has 1 aromatic carbocycles. The fourth-order valence-corrected chi connectivity index (χ4v) is 3.25. The minimum absolute atomic E-state index is 0.239. The van der Waals surface area contributed by atoms with Crippen LogP contribution in [0.4, 0.5) is 0 Å². The molecule has 1 aromatic heterocycles. The maximum Gasteiger partial charge on any atom is 0.261 e. The fourth-order valence-electron chi connectivity index (χ4n) is 2.80. The summed E-state index contributed by atoms with van der Waals surface area (Å²) in [5, 5.41) is 12.2. The second-order valence-corrected chi connectivity index (χ2v) is 6.89. The van der Waals surface area contributed by atoms with Crippen LogP contribution in [0.2, 0.25) is 10.0 Å². The van der Waals surface area contributed by atoms with Gasteiger partial charge < -0.3 is 14.6 Å². The normalized spacial score (nSPS) is 15.2. The Kier molecular flexibility index (Phi) is 5.81. The summed E-state index contributed by atoms with van der Waals surface area (Å²) in [6, 6.07) is 4.89. The van der Waals surface area contributed by atoms with E-state index in [0.29, 0.717) is 22.3 Å². The second-order valence-electron chi connectivity index (χ2n) is 6.05. The van der Waals surface area contributed by atoms with Gasteiger partial charge in [0.2, 0.25) is 0 Å². The second kappa shape index (κ2) is 8.06. The van der Waals surface area contributed by atoms with Crippen molar-refractivity contribution in [3.8, 4) is 5.75 Å². The maximum absolute atomic E-state index is 12.3. The highest BCUT2D eigenvalue weighted by Gasteiger charge is 2.19. The molecule has 0 bridgehead atoms. The third kappa shape index (κ3) is 4.44. The maximum atomic E-state index is 12.3. The third-order valence-corrected chi connectivity index (χ3v) is 4.70. The summed E-state index contributed by atoms with van der Waals surface area (Å²) in [4.78, 5) is 12.3. The number of hydrogen-bond donors (Lipinski definition) is 1. The quantitative estimate of drug-likeness (QED) is 0.860. The van der Waals surface area contributed by atoms with Crippen molar-refractivity contribution < 1.29 is 9.53 Å². The number of fused-ring (bicyclic) bond motifs is 1. The summed E-state index contributed by atoms with van der Waals surface area (Å²) in [5.41, 5.74) is 0. The number of ether oxygens (including phenoxy) is 1. The van der Waals surface area contributed by atoms with Crippen LogP contribution in [0.3, 0.4) is 0 Å². The van der Waals surface area contributed by atoms with Crippen molar-refractivity contribution in [2.45, 2.75) is 51.8 Å². The Morgan fingerprint density at radius 2 is 2.16 bits per heavy atom. The van der Waals surface area contributed by atoms with Crippen LogP contribution < -0.4 is 10.1 Å². The van der Waals surface area contributed by atoms with Gasteiger partial charge in [-0.2, -0.15) is 0 Å². The molecule has 1 N–H and O–H groups in total. The predicted molar refractivity (Wildman–Crippen MR) is 96.0 cm³/mol. The molecule has 0 saturated heterocycles. The summed E-state index contributed by atoms with van der Waals surface area (Å²) in [6.45, 7) is 2.90. The van der Waals surface area contributed by atoms with Crippen molar-refractivity contribution in [2.24, 2.45) is 0 Å². The minimum Gasteiger partial charge on any atom is -0.479 e. The summed E-state index contributed by atoms with van der Waals surface area (Å²) < 4.78 is 7.73. The van der Waals surface area contributed by atoms with E-state index in [2.05, 4.69) is 20.1 Å². The Morgan fingerprint density at radius 3 is 2.96 bits per heavy atom. The number of amides is 1. The predicted octanol–water partition coefficient (Wildman–Crippen LogP) is 3.40. The van der Waals surface area contributed by atoms with Crippen molar-refractivity contribution >= 4 is 29.1 Å². The third-order valence-electron chi connectivity index (χ3n) is 4.17. The number of nitrogens with one attached hydrogen (secondary N) is 1. The lowest BCUT2D eigenvalue weighted by Crippen LogP contribution is -2.36. The Bertz CT molecular complexity index is 763. The first kappa shape index (κ1) is 18.0. The van der Waals surface area contributed by atoms with E-state index in [1.165, 1.54) is 6.42 Å². The van der Waals surface area contributed by atoms with Crippen molar-refractivity contribution in [1.82, 2.24) is 20.1 Å². The lowest BCUT2D eigenvalue weighted by atomic mass is 10.2. The van der Waals surface area contributed by atoms with Crippen LogP contribution in [0.1, 0.15) is 37.8 Å². The van der Waals surface area contributed by atoms with Crippen LogP contribution in [-0.4, -0.2) is 26.8 Å². The average molecular weight is 383 g/mol. The van der Waals surface area contributed by atoms with Crippen LogP contribution in [0.25, 0.3) is 0 Å². The van der Waals surface area contributed by atoms with Gasteiger partial charge in [-0.3, -0.25) is 4.79 Å². The summed E-state index contributed by atoms with van der Waals surface area (Å²) >= 11 is 11.9. The zero-order valence-electron chi connectivity index (χ0n) is 14.0. The van der Waals surface area contributed by atoms with Crippen molar-refractivity contribution in [2.75, 3.05) is 0 Å². The molecule has 1 atom stereocenters. The Balaban J connectivity index is 1.58. The molecule has 0 saturated carbocycles. The van der Waals surface area contributed by atoms with Crippen LogP contribution >= 0.6 is 23.2 Å². The van der Waals surface area contributed by atoms with Crippen LogP contribution in [0.15, 0.2) is 18.2 Å². The smallest absolute Gasteiger partial charge is 0.261 e. The van der Waals surface area contributed by atoms with Crippen molar-refractivity contribution in [3.63, 3.8) is 0 Å². The zero-order chi connectivity index (χ0) is 17.8. The van der Waals surface area contributed by atoms with E-state index in [0.717, 1.165) is 37.5 Å². The van der Waals surface area contributed by atoms with Crippen molar-refractivity contribution in [1.29, 1.82) is 0 Å². The van der Waals surface area contributed by atoms with E-state index in [9.17, 15) is 4.79 Å². The monoisotopic (exact) mass is 382 g/mol. The molecule has 0 spiro atoms. The number of carbonyl (C=O) groups excluding carboxylic acids is 1. The summed E-state index contributed by atoms with van der Waals surface area (Å²) in [7, 11) is 0. The highest BCUT2D eigenvalue weighted by molar-refractivity contribution is 6.35. The van der Waals surface area contributed by atoms with E-state index < -0.39 is 6.10 Å². The lowest BCUT2D eigenvalue weighted by molar-refractivity contribution is -0.127. The van der Waals surface area contributed by atoms with E-state index in [4.69, 9.17) is 27.9 Å². The lowest BCUT2D eigenvalue weighted by Gasteiger charge is -2.16. The molecule has 25 heavy (non-hydrogen) atoms. The van der Waals surface area contributed by atoms with Gasteiger partial charge in [-0.15, -0.1) is 10.2 Å². The van der Waals surface area contributed by atoms with Gasteiger partial charge in [0.25, 0.3) is 5.91 Å². The first-order valence-electron chi connectivity index (χ1n) is 8.35. The van der Waals surface area contributed by atoms with E-state index >= 15 is 0 Å². The number of hydrogen-bond acceptors (Lipinski definition) is 4. The molecule has 0 radical (unpaired) electrons. The van der Waals surface area contributed by atoms with Gasteiger partial charge in [0, 0.05) is 18.0 Å². The largest absolute Gasteiger partial charge is 0.479 e. The molecule has 8 heteroatoms. The molecule has 1 amide bonds. The molecule has 3 rings (SSSR count). The Hall–Kier alpha value is -1.79. The van der Waals surface area contributed by atoms with Gasteiger partial charge in [-0.1, -0.05) is 29.6 Å². The molecule has 2 aromatic rings. The Labute approximate surface area is 156 Å². The molecular formula is C17H20Cl2N4O2. The van der Waals surface area contributed by atoms with Gasteiger partial charge in [0.15, 0.2) is 11.9 Å². The standard InChI is InChI=1S/C17H20Cl2N4O2/c1-11(25-14-7-6-12(18)9-13(14)19)17(24)20-10-16-22-21-15-5-3-2-4-8-23(15)16/h6-7,9,11H,2-5,8,10H2,1H3,(H,20,24). The van der Waals surface area contributed by atoms with Crippen LogP contribution in [-0.2, 0) is 24.3 Å². The van der Waals surface area contributed by atoms with E-state index in [-0.39, 0.29) is 5.91 Å². The molecule has 1 unspecified atom stereocenters. The van der Waals surface area contributed by atoms with Gasteiger partial charge in [0.1, 0.15) is 11.6 Å². The number of aromatic nitrogens is 3. The molecule has 134 valence electrons. The number of carbonyl (C=O) groups is 1. The molecule has 1 aliphatic rings. The minimum atomic E-state index is -0.690. The number of nitrogens with zero attached hydrogens (tertiary/aromatic N) is 3. The van der Waals surface area contributed by atoms with Crippen LogP contribution in [0, 0.1) is 0 Å². The Morgan fingerprint density at radius 1 is 1.32 bits per heavy atom. The molecule has 2 heterocycles. The topological polar surface area (TPSA) is 69.0 Å². The van der Waals surface area contributed by atoms with Gasteiger partial charge in [0.05, 0.1) is 11.6 Å². The SMILES string of the molecule is CC(Oc1ccc(Cl)cc1Cl)C(=O)NCc1nnc2n1CCCCC2. The molecule has 1 aliphatic heterocycles. The van der Waals surface area contributed by atoms with E-state index in [1.807, 2.05) is 0 Å². The van der Waals surface area contributed by atoms with Crippen molar-refractivity contribution in [3.05, 3.63) is 39.9 Å². The molecule has 0 aliphatic carbocycles. The summed E-state index contributed by atoms with van der Waals surface area (Å²) in [5.74, 6) is 1.96. The number of aryl methyl sites for hydroxylation is 1. The number of benzene rings is 1. The molecular weight excluding hydrogens is 363 g/mol. The zero-order valence-corrected chi connectivity index (χ0v) is 15.5. The molecule has 6 nitrogen and oxygen atoms in total. The fraction of sp³-hybridized carbons (Fsp3) is 0.471. The van der Waals surface area contributed by atoms with Crippen LogP contribution in [0.5, 0.6) is 5.75 Å². The van der Waals surface area contributed by atoms with E-state index in [1.54, 1.807) is 25.1 Å². The van der Waals surface area contributed by atoms with Gasteiger partial charge in [-0.25, -0.2) is 0 Å². The first-order chi connectivity index (χ1) is 12.0. The average Bonchev–Trinajstić information content (AvgIpc) is 2.81. The summed E-state index contributed by atoms with van der Waals surface area (Å²) in [6.07, 6.45) is 3.69. The number of halogens is 2. The van der Waals surface area contributed by atoms with Gasteiger partial charge in [-0.05, 0) is 38.0 Å². The highest BCUT2D eigenvalue weighted by Crippen LogP contribution is 2.28. The highest BCUT2D eigenvalue weighted by atomic mass is 35.5. The van der Waals surface area contributed by atoms with Gasteiger partial charge >= 0.3 is 0 Å². The first-order valence-corrected chi connectivity index (χ1v) is 9.10. The molecule has 0 fully saturated rings. The number of rotatable bonds is 5.